The Morgan fingerprint density at radius 1 is 1.18 bits per heavy atom. The lowest BCUT2D eigenvalue weighted by atomic mass is 10.0. The molecule has 0 fully saturated rings. The van der Waals surface area contributed by atoms with Crippen molar-refractivity contribution in [2.24, 2.45) is 11.7 Å². The second-order valence-electron chi connectivity index (χ2n) is 5.10. The SMILES string of the molecule is CC(C)C(C)N(C)c1ccc([C@H](C)N)cc1F. The van der Waals surface area contributed by atoms with Crippen molar-refractivity contribution < 1.29 is 4.39 Å². The van der Waals surface area contributed by atoms with E-state index in [-0.39, 0.29) is 11.9 Å². The van der Waals surface area contributed by atoms with Crippen LogP contribution in [0.2, 0.25) is 0 Å². The second-order valence-corrected chi connectivity index (χ2v) is 5.10. The Morgan fingerprint density at radius 3 is 2.18 bits per heavy atom. The maximum absolute atomic E-state index is 14.0. The van der Waals surface area contributed by atoms with Crippen molar-refractivity contribution >= 4 is 5.69 Å². The van der Waals surface area contributed by atoms with E-state index in [2.05, 4.69) is 20.8 Å². The first-order valence-electron chi connectivity index (χ1n) is 6.12. The molecular formula is C14H23FN2. The van der Waals surface area contributed by atoms with Gasteiger partial charge in [-0.05, 0) is 37.5 Å². The Labute approximate surface area is 104 Å². The summed E-state index contributed by atoms with van der Waals surface area (Å²) in [5.41, 5.74) is 7.20. The van der Waals surface area contributed by atoms with Crippen molar-refractivity contribution in [3.8, 4) is 0 Å². The van der Waals surface area contributed by atoms with Gasteiger partial charge in [0.2, 0.25) is 0 Å². The predicted molar refractivity (Wildman–Crippen MR) is 71.7 cm³/mol. The molecule has 17 heavy (non-hydrogen) atoms. The fourth-order valence-corrected chi connectivity index (χ4v) is 1.76. The molecule has 0 saturated heterocycles. The fraction of sp³-hybridized carbons (Fsp3) is 0.571. The smallest absolute Gasteiger partial charge is 0.146 e. The molecule has 0 aliphatic carbocycles. The van der Waals surface area contributed by atoms with Crippen LogP contribution in [0, 0.1) is 11.7 Å². The van der Waals surface area contributed by atoms with Gasteiger partial charge in [-0.2, -0.15) is 0 Å². The van der Waals surface area contributed by atoms with Gasteiger partial charge in [0.1, 0.15) is 5.82 Å². The molecule has 2 N–H and O–H groups in total. The van der Waals surface area contributed by atoms with Crippen molar-refractivity contribution in [2.45, 2.75) is 39.8 Å². The van der Waals surface area contributed by atoms with Gasteiger partial charge in [-0.25, -0.2) is 4.39 Å². The average molecular weight is 238 g/mol. The van der Waals surface area contributed by atoms with Gasteiger partial charge in [0.25, 0.3) is 0 Å². The van der Waals surface area contributed by atoms with Crippen LogP contribution < -0.4 is 10.6 Å². The van der Waals surface area contributed by atoms with Gasteiger partial charge in [-0.3, -0.25) is 0 Å². The second kappa shape index (κ2) is 5.50. The summed E-state index contributed by atoms with van der Waals surface area (Å²) < 4.78 is 14.0. The van der Waals surface area contributed by atoms with Gasteiger partial charge in [0.15, 0.2) is 0 Å². The number of hydrogen-bond acceptors (Lipinski definition) is 2. The van der Waals surface area contributed by atoms with E-state index >= 15 is 0 Å². The molecule has 0 saturated carbocycles. The van der Waals surface area contributed by atoms with E-state index in [1.165, 1.54) is 6.07 Å². The normalized spacial score (nSPS) is 14.8. The van der Waals surface area contributed by atoms with Crippen molar-refractivity contribution in [2.75, 3.05) is 11.9 Å². The first kappa shape index (κ1) is 14.0. The summed E-state index contributed by atoms with van der Waals surface area (Å²) in [7, 11) is 1.93. The standard InChI is InChI=1S/C14H23FN2/c1-9(2)11(4)17(5)14-7-6-12(10(3)16)8-13(14)15/h6-11H,16H2,1-5H3/t10-,11?/m0/s1. The highest BCUT2D eigenvalue weighted by atomic mass is 19.1. The Balaban J connectivity index is 2.99. The molecule has 1 rings (SSSR count). The first-order chi connectivity index (χ1) is 7.84. The van der Waals surface area contributed by atoms with Crippen molar-refractivity contribution in [1.29, 1.82) is 0 Å². The molecule has 1 aromatic carbocycles. The van der Waals surface area contributed by atoms with E-state index in [1.54, 1.807) is 0 Å². The number of anilines is 1. The third-order valence-corrected chi connectivity index (χ3v) is 3.45. The minimum atomic E-state index is -0.199. The number of nitrogens with zero attached hydrogens (tertiary/aromatic N) is 1. The molecule has 0 amide bonds. The minimum absolute atomic E-state index is 0.133. The zero-order chi connectivity index (χ0) is 13.2. The maximum atomic E-state index is 14.0. The zero-order valence-corrected chi connectivity index (χ0v) is 11.4. The van der Waals surface area contributed by atoms with Crippen LogP contribution in [0.15, 0.2) is 18.2 Å². The van der Waals surface area contributed by atoms with Crippen molar-refractivity contribution in [1.82, 2.24) is 0 Å². The monoisotopic (exact) mass is 238 g/mol. The summed E-state index contributed by atoms with van der Waals surface area (Å²) in [5, 5.41) is 0. The molecule has 0 heterocycles. The van der Waals surface area contributed by atoms with E-state index < -0.39 is 0 Å². The van der Waals surface area contributed by atoms with E-state index in [0.29, 0.717) is 17.6 Å². The van der Waals surface area contributed by atoms with Crippen LogP contribution in [0.4, 0.5) is 10.1 Å². The van der Waals surface area contributed by atoms with Gasteiger partial charge in [-0.1, -0.05) is 19.9 Å². The summed E-state index contributed by atoms with van der Waals surface area (Å²) in [6.45, 7) is 8.23. The van der Waals surface area contributed by atoms with Gasteiger partial charge in [0.05, 0.1) is 5.69 Å². The fourth-order valence-electron chi connectivity index (χ4n) is 1.76. The Bertz CT molecular complexity index is 374. The van der Waals surface area contributed by atoms with Crippen molar-refractivity contribution in [3.63, 3.8) is 0 Å². The summed E-state index contributed by atoms with van der Waals surface area (Å²) >= 11 is 0. The summed E-state index contributed by atoms with van der Waals surface area (Å²) in [5.74, 6) is 0.280. The van der Waals surface area contributed by atoms with Crippen LogP contribution in [0.25, 0.3) is 0 Å². The largest absolute Gasteiger partial charge is 0.369 e. The highest BCUT2D eigenvalue weighted by Gasteiger charge is 2.17. The molecule has 3 heteroatoms. The predicted octanol–water partition coefficient (Wildman–Crippen LogP) is 3.33. The number of halogens is 1. The summed E-state index contributed by atoms with van der Waals surface area (Å²) in [6.07, 6.45) is 0. The molecule has 1 aromatic rings. The third kappa shape index (κ3) is 3.19. The molecule has 0 bridgehead atoms. The quantitative estimate of drug-likeness (QED) is 0.871. The van der Waals surface area contributed by atoms with Gasteiger partial charge >= 0.3 is 0 Å². The molecule has 0 spiro atoms. The third-order valence-electron chi connectivity index (χ3n) is 3.45. The molecule has 1 unspecified atom stereocenters. The first-order valence-corrected chi connectivity index (χ1v) is 6.12. The molecule has 0 aliphatic rings. The van der Waals surface area contributed by atoms with Crippen LogP contribution in [-0.4, -0.2) is 13.1 Å². The lowest BCUT2D eigenvalue weighted by Gasteiger charge is -2.30. The Hall–Kier alpha value is -1.09. The van der Waals surface area contributed by atoms with Crippen LogP contribution in [0.1, 0.15) is 39.3 Å². The summed E-state index contributed by atoms with van der Waals surface area (Å²) in [4.78, 5) is 1.98. The zero-order valence-electron chi connectivity index (χ0n) is 11.4. The highest BCUT2D eigenvalue weighted by Crippen LogP contribution is 2.25. The Morgan fingerprint density at radius 2 is 1.76 bits per heavy atom. The molecule has 0 radical (unpaired) electrons. The van der Waals surface area contributed by atoms with Crippen molar-refractivity contribution in [3.05, 3.63) is 29.6 Å². The molecular weight excluding hydrogens is 215 g/mol. The number of nitrogens with two attached hydrogens (primary N) is 1. The Kier molecular flexibility index (Phi) is 4.52. The lowest BCUT2D eigenvalue weighted by molar-refractivity contribution is 0.497. The van der Waals surface area contributed by atoms with E-state index in [4.69, 9.17) is 5.73 Å². The average Bonchev–Trinajstić information content (AvgIpc) is 2.26. The molecule has 0 aromatic heterocycles. The van der Waals surface area contributed by atoms with Gasteiger partial charge in [-0.15, -0.1) is 0 Å². The van der Waals surface area contributed by atoms with Gasteiger partial charge in [0, 0.05) is 19.1 Å². The molecule has 0 aliphatic heterocycles. The molecule has 96 valence electrons. The minimum Gasteiger partial charge on any atom is -0.369 e. The van der Waals surface area contributed by atoms with Crippen LogP contribution in [-0.2, 0) is 0 Å². The maximum Gasteiger partial charge on any atom is 0.146 e. The number of rotatable bonds is 4. The van der Waals surface area contributed by atoms with E-state index in [1.807, 2.05) is 31.0 Å². The van der Waals surface area contributed by atoms with Crippen LogP contribution in [0.5, 0.6) is 0 Å². The molecule has 2 atom stereocenters. The number of benzene rings is 1. The molecule has 2 nitrogen and oxygen atoms in total. The van der Waals surface area contributed by atoms with E-state index in [9.17, 15) is 4.39 Å². The highest BCUT2D eigenvalue weighted by molar-refractivity contribution is 5.49. The van der Waals surface area contributed by atoms with E-state index in [0.717, 1.165) is 5.56 Å². The van der Waals surface area contributed by atoms with Crippen LogP contribution >= 0.6 is 0 Å². The lowest BCUT2D eigenvalue weighted by Crippen LogP contribution is -2.33. The van der Waals surface area contributed by atoms with Crippen LogP contribution in [0.3, 0.4) is 0 Å². The number of hydrogen-bond donors (Lipinski definition) is 1. The van der Waals surface area contributed by atoms with Gasteiger partial charge < -0.3 is 10.6 Å². The topological polar surface area (TPSA) is 29.3 Å². The summed E-state index contributed by atoms with van der Waals surface area (Å²) in [6, 6.07) is 5.40.